The third-order valence-corrected chi connectivity index (χ3v) is 5.61. The molecule has 0 radical (unpaired) electrons. The van der Waals surface area contributed by atoms with E-state index in [0.717, 1.165) is 11.1 Å². The summed E-state index contributed by atoms with van der Waals surface area (Å²) < 4.78 is 6.40. The molecule has 0 unspecified atom stereocenters. The molecule has 0 fully saturated rings. The van der Waals surface area contributed by atoms with Gasteiger partial charge in [0.05, 0.1) is 6.54 Å². The minimum absolute atomic E-state index is 0.151. The normalized spacial score (nSPS) is 17.9. The predicted octanol–water partition coefficient (Wildman–Crippen LogP) is 1.12. The van der Waals surface area contributed by atoms with Crippen molar-refractivity contribution in [3.05, 3.63) is 52.8 Å². The molecule has 2 heterocycles. The van der Waals surface area contributed by atoms with E-state index in [1.54, 1.807) is 21.1 Å². The van der Waals surface area contributed by atoms with Gasteiger partial charge in [-0.05, 0) is 25.8 Å². The van der Waals surface area contributed by atoms with Crippen molar-refractivity contribution >= 4 is 17.7 Å². The molecule has 31 heavy (non-hydrogen) atoms. The third-order valence-electron chi connectivity index (χ3n) is 5.61. The lowest BCUT2D eigenvalue weighted by Crippen LogP contribution is -2.62. The van der Waals surface area contributed by atoms with Crippen LogP contribution in [0.5, 0.6) is 0 Å². The Hall–Kier alpha value is -3.20. The second kappa shape index (κ2) is 9.30. The number of carbonyl (C=O) groups is 3. The second-order valence-electron chi connectivity index (χ2n) is 7.98. The minimum Gasteiger partial charge on any atom is -0.385 e. The summed E-state index contributed by atoms with van der Waals surface area (Å²) in [6.45, 7) is 5.20. The molecular formula is C22H29N5O4. The number of nitrogens with zero attached hydrogens (tertiary/aromatic N) is 3. The Labute approximate surface area is 181 Å². The molecule has 3 rings (SSSR count). The standard InChI is InChI=1S/C22H29N5O4/c1-15-6-8-16(9-7-15)13-24-21(30)22(2)14-27-18(20(29)26(22)3)12-17(25-27)19(28)23-10-5-11-31-4/h6-9,12H,5,10-11,13-14H2,1-4H3,(H,23,28)(H,24,30)/t22-/m1/s1. The third kappa shape index (κ3) is 4.77. The Bertz CT molecular complexity index is 969. The highest BCUT2D eigenvalue weighted by Crippen LogP contribution is 2.26. The lowest BCUT2D eigenvalue weighted by atomic mass is 9.95. The van der Waals surface area contributed by atoms with Crippen molar-refractivity contribution in [1.29, 1.82) is 0 Å². The molecule has 9 nitrogen and oxygen atoms in total. The predicted molar refractivity (Wildman–Crippen MR) is 115 cm³/mol. The van der Waals surface area contributed by atoms with E-state index in [4.69, 9.17) is 4.74 Å². The van der Waals surface area contributed by atoms with Crippen LogP contribution in [0.3, 0.4) is 0 Å². The van der Waals surface area contributed by atoms with Crippen molar-refractivity contribution < 1.29 is 19.1 Å². The highest BCUT2D eigenvalue weighted by Gasteiger charge is 2.46. The van der Waals surface area contributed by atoms with Gasteiger partial charge in [0.2, 0.25) is 5.91 Å². The van der Waals surface area contributed by atoms with E-state index in [1.165, 1.54) is 15.6 Å². The van der Waals surface area contributed by atoms with Gasteiger partial charge in [-0.2, -0.15) is 5.10 Å². The average molecular weight is 428 g/mol. The zero-order valence-electron chi connectivity index (χ0n) is 18.4. The summed E-state index contributed by atoms with van der Waals surface area (Å²) >= 11 is 0. The van der Waals surface area contributed by atoms with Crippen LogP contribution in [0.2, 0.25) is 0 Å². The van der Waals surface area contributed by atoms with Gasteiger partial charge in [-0.25, -0.2) is 0 Å². The molecule has 1 aromatic carbocycles. The van der Waals surface area contributed by atoms with Crippen LogP contribution in [-0.2, 0) is 22.6 Å². The minimum atomic E-state index is -1.13. The number of likely N-dealkylation sites (N-methyl/N-ethyl adjacent to an activating group) is 1. The topological polar surface area (TPSA) is 106 Å². The van der Waals surface area contributed by atoms with Gasteiger partial charge in [0.15, 0.2) is 5.69 Å². The number of ether oxygens (including phenoxy) is 1. The first-order valence-electron chi connectivity index (χ1n) is 10.2. The summed E-state index contributed by atoms with van der Waals surface area (Å²) in [5.74, 6) is -1.00. The number of carbonyl (C=O) groups excluding carboxylic acids is 3. The number of rotatable bonds is 8. The van der Waals surface area contributed by atoms with E-state index in [0.29, 0.717) is 26.1 Å². The molecule has 9 heteroatoms. The first-order valence-corrected chi connectivity index (χ1v) is 10.2. The maximum atomic E-state index is 13.0. The van der Waals surface area contributed by atoms with Gasteiger partial charge < -0.3 is 20.3 Å². The Morgan fingerprint density at radius 1 is 1.23 bits per heavy atom. The number of methoxy groups -OCH3 is 1. The quantitative estimate of drug-likeness (QED) is 0.614. The van der Waals surface area contributed by atoms with Crippen LogP contribution in [0, 0.1) is 6.92 Å². The van der Waals surface area contributed by atoms with Crippen molar-refractivity contribution in [1.82, 2.24) is 25.3 Å². The maximum Gasteiger partial charge on any atom is 0.272 e. The molecule has 0 aliphatic carbocycles. The molecule has 0 spiro atoms. The fourth-order valence-corrected chi connectivity index (χ4v) is 3.43. The molecule has 2 aromatic rings. The van der Waals surface area contributed by atoms with Gasteiger partial charge in [-0.1, -0.05) is 29.8 Å². The van der Waals surface area contributed by atoms with E-state index >= 15 is 0 Å². The number of nitrogens with one attached hydrogen (secondary N) is 2. The van der Waals surface area contributed by atoms with Crippen molar-refractivity contribution in [3.63, 3.8) is 0 Å². The fourth-order valence-electron chi connectivity index (χ4n) is 3.43. The van der Waals surface area contributed by atoms with Crippen molar-refractivity contribution in [2.75, 3.05) is 27.3 Å². The Morgan fingerprint density at radius 2 is 1.94 bits per heavy atom. The van der Waals surface area contributed by atoms with Gasteiger partial charge in [0.1, 0.15) is 11.2 Å². The van der Waals surface area contributed by atoms with Crippen molar-refractivity contribution in [2.45, 2.75) is 38.9 Å². The number of aromatic nitrogens is 2. The fraction of sp³-hybridized carbons (Fsp3) is 0.455. The number of aryl methyl sites for hydroxylation is 1. The van der Waals surface area contributed by atoms with E-state index < -0.39 is 5.54 Å². The molecule has 2 N–H and O–H groups in total. The summed E-state index contributed by atoms with van der Waals surface area (Å²) in [6, 6.07) is 9.34. The molecule has 0 saturated heterocycles. The zero-order chi connectivity index (χ0) is 22.6. The molecule has 0 saturated carbocycles. The van der Waals surface area contributed by atoms with Gasteiger partial charge in [0, 0.05) is 39.9 Å². The Kier molecular flexibility index (Phi) is 6.74. The van der Waals surface area contributed by atoms with Gasteiger partial charge in [-0.3, -0.25) is 19.1 Å². The number of hydrogen-bond donors (Lipinski definition) is 2. The smallest absolute Gasteiger partial charge is 0.272 e. The molecule has 3 amide bonds. The van der Waals surface area contributed by atoms with Crippen LogP contribution in [-0.4, -0.2) is 65.2 Å². The van der Waals surface area contributed by atoms with E-state index in [-0.39, 0.29) is 35.7 Å². The number of amides is 3. The largest absolute Gasteiger partial charge is 0.385 e. The molecule has 1 aromatic heterocycles. The van der Waals surface area contributed by atoms with Gasteiger partial charge in [-0.15, -0.1) is 0 Å². The van der Waals surface area contributed by atoms with Crippen LogP contribution in [0.25, 0.3) is 0 Å². The number of hydrogen-bond acceptors (Lipinski definition) is 5. The molecule has 166 valence electrons. The molecule has 1 aliphatic heterocycles. The van der Waals surface area contributed by atoms with Crippen LogP contribution in [0.4, 0.5) is 0 Å². The monoisotopic (exact) mass is 427 g/mol. The van der Waals surface area contributed by atoms with Crippen molar-refractivity contribution in [3.8, 4) is 0 Å². The molecule has 0 bridgehead atoms. The van der Waals surface area contributed by atoms with E-state index in [2.05, 4.69) is 15.7 Å². The summed E-state index contributed by atoms with van der Waals surface area (Å²) in [7, 11) is 3.19. The lowest BCUT2D eigenvalue weighted by molar-refractivity contribution is -0.132. The first-order chi connectivity index (χ1) is 14.8. The SMILES string of the molecule is COCCCNC(=O)c1cc2n(n1)C[C@](C)(C(=O)NCc1ccc(C)cc1)N(C)C2=O. The lowest BCUT2D eigenvalue weighted by Gasteiger charge is -2.40. The summed E-state index contributed by atoms with van der Waals surface area (Å²) in [6.07, 6.45) is 0.677. The highest BCUT2D eigenvalue weighted by atomic mass is 16.5. The Morgan fingerprint density at radius 3 is 2.61 bits per heavy atom. The average Bonchev–Trinajstić information content (AvgIpc) is 3.18. The number of benzene rings is 1. The zero-order valence-corrected chi connectivity index (χ0v) is 18.4. The maximum absolute atomic E-state index is 13.0. The summed E-state index contributed by atoms with van der Waals surface area (Å²) in [5.41, 5.74) is 1.42. The summed E-state index contributed by atoms with van der Waals surface area (Å²) in [4.78, 5) is 39.7. The van der Waals surface area contributed by atoms with Crippen LogP contribution < -0.4 is 10.6 Å². The number of fused-ring (bicyclic) bond motifs is 1. The van der Waals surface area contributed by atoms with Crippen LogP contribution in [0.1, 0.15) is 45.4 Å². The van der Waals surface area contributed by atoms with Gasteiger partial charge >= 0.3 is 0 Å². The molecular weight excluding hydrogens is 398 g/mol. The van der Waals surface area contributed by atoms with E-state index in [9.17, 15) is 14.4 Å². The van der Waals surface area contributed by atoms with E-state index in [1.807, 2.05) is 31.2 Å². The Balaban J connectivity index is 1.71. The van der Waals surface area contributed by atoms with Gasteiger partial charge in [0.25, 0.3) is 11.8 Å². The van der Waals surface area contributed by atoms with Crippen LogP contribution >= 0.6 is 0 Å². The molecule has 1 atom stereocenters. The highest BCUT2D eigenvalue weighted by molar-refractivity contribution is 6.01. The second-order valence-corrected chi connectivity index (χ2v) is 7.98. The first kappa shape index (κ1) is 22.5. The molecule has 1 aliphatic rings. The van der Waals surface area contributed by atoms with Crippen molar-refractivity contribution in [2.24, 2.45) is 0 Å². The van der Waals surface area contributed by atoms with Crippen LogP contribution in [0.15, 0.2) is 30.3 Å². The summed E-state index contributed by atoms with van der Waals surface area (Å²) in [5, 5.41) is 9.96.